The zero-order valence-corrected chi connectivity index (χ0v) is 9.14. The maximum atomic E-state index is 3.49. The number of fused-ring (bicyclic) bond motifs is 1. The summed E-state index contributed by atoms with van der Waals surface area (Å²) >= 11 is 0.492. The van der Waals surface area contributed by atoms with Crippen molar-refractivity contribution in [1.82, 2.24) is 4.33 Å². The average Bonchev–Trinajstić information content (AvgIpc) is 2.04. The Balaban J connectivity index is 2.52. The molecule has 1 aromatic rings. The SMILES string of the molecule is CC1(C)CN[Se]c2ccccc21. The van der Waals surface area contributed by atoms with Gasteiger partial charge in [-0.05, 0) is 0 Å². The van der Waals surface area contributed by atoms with Gasteiger partial charge in [0.2, 0.25) is 0 Å². The van der Waals surface area contributed by atoms with Crippen LogP contribution in [0.15, 0.2) is 24.3 Å². The third-order valence-electron chi connectivity index (χ3n) is 2.31. The molecule has 1 aliphatic rings. The van der Waals surface area contributed by atoms with E-state index < -0.39 is 0 Å². The quantitative estimate of drug-likeness (QED) is 0.645. The fourth-order valence-electron chi connectivity index (χ4n) is 1.50. The first-order valence-electron chi connectivity index (χ1n) is 4.19. The van der Waals surface area contributed by atoms with Crippen molar-refractivity contribution in [3.63, 3.8) is 0 Å². The van der Waals surface area contributed by atoms with Gasteiger partial charge in [-0.2, -0.15) is 0 Å². The summed E-state index contributed by atoms with van der Waals surface area (Å²) in [6, 6.07) is 8.77. The van der Waals surface area contributed by atoms with Crippen LogP contribution < -0.4 is 8.79 Å². The average molecular weight is 226 g/mol. The van der Waals surface area contributed by atoms with Crippen molar-refractivity contribution in [2.45, 2.75) is 19.3 Å². The van der Waals surface area contributed by atoms with Crippen molar-refractivity contribution in [2.75, 3.05) is 6.54 Å². The third-order valence-corrected chi connectivity index (χ3v) is 4.13. The zero-order chi connectivity index (χ0) is 8.60. The molecule has 64 valence electrons. The summed E-state index contributed by atoms with van der Waals surface area (Å²) < 4.78 is 5.01. The van der Waals surface area contributed by atoms with Crippen molar-refractivity contribution in [1.29, 1.82) is 0 Å². The molecule has 0 radical (unpaired) electrons. The van der Waals surface area contributed by atoms with Crippen LogP contribution in [-0.4, -0.2) is 21.7 Å². The van der Waals surface area contributed by atoms with Crippen LogP contribution in [0.2, 0.25) is 0 Å². The summed E-state index contributed by atoms with van der Waals surface area (Å²) in [5, 5.41) is 0. The van der Waals surface area contributed by atoms with E-state index in [2.05, 4.69) is 42.4 Å². The van der Waals surface area contributed by atoms with E-state index in [1.165, 1.54) is 10.0 Å². The predicted octanol–water partition coefficient (Wildman–Crippen LogP) is 0.812. The molecule has 0 atom stereocenters. The van der Waals surface area contributed by atoms with Crippen LogP contribution in [0.3, 0.4) is 0 Å². The van der Waals surface area contributed by atoms with Crippen molar-refractivity contribution < 1.29 is 0 Å². The Bertz CT molecular complexity index is 294. The van der Waals surface area contributed by atoms with Gasteiger partial charge in [-0.15, -0.1) is 0 Å². The molecule has 0 saturated carbocycles. The standard InChI is InChI=1S/C10H13NSe/c1-10(2)7-11-12-9-6-4-3-5-8(9)10/h3-6,11H,7H2,1-2H3. The van der Waals surface area contributed by atoms with Crippen molar-refractivity contribution in [3.8, 4) is 0 Å². The normalized spacial score (nSPS) is 20.2. The third kappa shape index (κ3) is 1.31. The van der Waals surface area contributed by atoms with Crippen LogP contribution in [0.1, 0.15) is 19.4 Å². The molecule has 1 N–H and O–H groups in total. The summed E-state index contributed by atoms with van der Waals surface area (Å²) in [5.41, 5.74) is 1.85. The van der Waals surface area contributed by atoms with Crippen LogP contribution >= 0.6 is 0 Å². The van der Waals surface area contributed by atoms with E-state index in [0.717, 1.165) is 6.54 Å². The molecule has 0 fully saturated rings. The molecule has 0 aliphatic carbocycles. The molecule has 0 unspecified atom stereocenters. The van der Waals surface area contributed by atoms with Gasteiger partial charge in [0.15, 0.2) is 0 Å². The van der Waals surface area contributed by atoms with E-state index in [1.54, 1.807) is 0 Å². The van der Waals surface area contributed by atoms with E-state index >= 15 is 0 Å². The fourth-order valence-corrected chi connectivity index (χ4v) is 4.00. The topological polar surface area (TPSA) is 12.0 Å². The molecular formula is C10H13NSe. The maximum absolute atomic E-state index is 3.49. The second-order valence-corrected chi connectivity index (χ2v) is 5.76. The molecule has 0 saturated heterocycles. The van der Waals surface area contributed by atoms with Crippen LogP contribution in [0.4, 0.5) is 0 Å². The Morgan fingerprint density at radius 3 is 2.83 bits per heavy atom. The van der Waals surface area contributed by atoms with Gasteiger partial charge in [-0.25, -0.2) is 0 Å². The van der Waals surface area contributed by atoms with Crippen LogP contribution in [0.25, 0.3) is 0 Å². The summed E-state index contributed by atoms with van der Waals surface area (Å²) in [6.45, 7) is 5.71. The van der Waals surface area contributed by atoms with E-state index in [1.807, 2.05) is 0 Å². The van der Waals surface area contributed by atoms with Gasteiger partial charge in [0.05, 0.1) is 0 Å². The number of hydrogen-bond acceptors (Lipinski definition) is 1. The molecule has 1 aliphatic heterocycles. The molecule has 2 rings (SSSR count). The van der Waals surface area contributed by atoms with Crippen molar-refractivity contribution in [3.05, 3.63) is 29.8 Å². The van der Waals surface area contributed by atoms with Crippen LogP contribution in [0, 0.1) is 0 Å². The molecule has 1 nitrogen and oxygen atoms in total. The van der Waals surface area contributed by atoms with Crippen LogP contribution in [-0.2, 0) is 5.41 Å². The minimum atomic E-state index is 0.316. The first-order valence-corrected chi connectivity index (χ1v) is 5.91. The molecule has 0 bridgehead atoms. The number of benzene rings is 1. The Kier molecular flexibility index (Phi) is 1.99. The molecule has 0 amide bonds. The summed E-state index contributed by atoms with van der Waals surface area (Å²) in [6.07, 6.45) is 0. The Labute approximate surface area is 79.9 Å². The molecular weight excluding hydrogens is 213 g/mol. The second kappa shape index (κ2) is 2.88. The van der Waals surface area contributed by atoms with Gasteiger partial charge < -0.3 is 0 Å². The number of hydrogen-bond donors (Lipinski definition) is 1. The molecule has 12 heavy (non-hydrogen) atoms. The Hall–Kier alpha value is -0.301. The summed E-state index contributed by atoms with van der Waals surface area (Å²) in [5.74, 6) is 0. The second-order valence-electron chi connectivity index (χ2n) is 3.80. The van der Waals surface area contributed by atoms with Crippen molar-refractivity contribution >= 4 is 19.6 Å². The molecule has 0 aromatic heterocycles. The molecule has 2 heteroatoms. The summed E-state index contributed by atoms with van der Waals surface area (Å²) in [4.78, 5) is 0. The molecule has 1 heterocycles. The Morgan fingerprint density at radius 1 is 1.33 bits per heavy atom. The fraction of sp³-hybridized carbons (Fsp3) is 0.400. The first kappa shape index (κ1) is 8.30. The van der Waals surface area contributed by atoms with Gasteiger partial charge in [0.25, 0.3) is 0 Å². The minimum absolute atomic E-state index is 0.316. The van der Waals surface area contributed by atoms with Gasteiger partial charge >= 0.3 is 79.6 Å². The predicted molar refractivity (Wildman–Crippen MR) is 52.9 cm³/mol. The van der Waals surface area contributed by atoms with E-state index in [9.17, 15) is 0 Å². The molecule has 1 aromatic carbocycles. The van der Waals surface area contributed by atoms with Gasteiger partial charge in [0, 0.05) is 0 Å². The van der Waals surface area contributed by atoms with Gasteiger partial charge in [-0.3, -0.25) is 0 Å². The van der Waals surface area contributed by atoms with Gasteiger partial charge in [0.1, 0.15) is 0 Å². The number of rotatable bonds is 0. The van der Waals surface area contributed by atoms with E-state index in [4.69, 9.17) is 0 Å². The zero-order valence-electron chi connectivity index (χ0n) is 7.42. The van der Waals surface area contributed by atoms with E-state index in [-0.39, 0.29) is 0 Å². The van der Waals surface area contributed by atoms with Gasteiger partial charge in [-0.1, -0.05) is 0 Å². The first-order chi connectivity index (χ1) is 5.70. The van der Waals surface area contributed by atoms with Crippen LogP contribution in [0.5, 0.6) is 0 Å². The Morgan fingerprint density at radius 2 is 2.08 bits per heavy atom. The van der Waals surface area contributed by atoms with Crippen molar-refractivity contribution in [2.24, 2.45) is 0 Å². The molecule has 0 spiro atoms. The summed E-state index contributed by atoms with van der Waals surface area (Å²) in [7, 11) is 0. The van der Waals surface area contributed by atoms with E-state index in [0.29, 0.717) is 20.6 Å². The number of nitrogens with one attached hydrogen (secondary N) is 1. The monoisotopic (exact) mass is 227 g/mol.